The molecule has 0 aliphatic rings. The summed E-state index contributed by atoms with van der Waals surface area (Å²) >= 11 is 0. The smallest absolute Gasteiger partial charge is 0.401 e. The Hall–Kier alpha value is -2.07. The standard InChI is InChI=1S/C10H6F8N2O/c11-3-4(12)6(14)8(7(15)5(3)13)21-1-2(9(19)20)10(16,17)18/h2H,1H2,(H3,19,20). The van der Waals surface area contributed by atoms with Crippen LogP contribution in [0.3, 0.4) is 0 Å². The molecular formula is C10H6F8N2O. The zero-order chi connectivity index (χ0) is 16.5. The van der Waals surface area contributed by atoms with E-state index in [1.165, 1.54) is 0 Å². The minimum absolute atomic E-state index is 1.44. The van der Waals surface area contributed by atoms with Crippen LogP contribution in [0.2, 0.25) is 0 Å². The van der Waals surface area contributed by atoms with E-state index in [1.54, 1.807) is 0 Å². The SMILES string of the molecule is N=C(N)C(COc1c(F)c(F)c(F)c(F)c1F)C(F)(F)F. The predicted octanol–water partition coefficient (Wildman–Crippen LogP) is 2.88. The van der Waals surface area contributed by atoms with Gasteiger partial charge in [-0.1, -0.05) is 0 Å². The lowest BCUT2D eigenvalue weighted by Crippen LogP contribution is -2.39. The maximum Gasteiger partial charge on any atom is 0.401 e. The van der Waals surface area contributed by atoms with Crippen molar-refractivity contribution < 1.29 is 39.9 Å². The fourth-order valence-corrected chi connectivity index (χ4v) is 1.24. The van der Waals surface area contributed by atoms with Gasteiger partial charge in [0.15, 0.2) is 5.75 Å². The van der Waals surface area contributed by atoms with Crippen LogP contribution in [0.1, 0.15) is 0 Å². The highest BCUT2D eigenvalue weighted by molar-refractivity contribution is 5.80. The molecule has 1 rings (SSSR count). The summed E-state index contributed by atoms with van der Waals surface area (Å²) in [5, 5.41) is 6.68. The number of alkyl halides is 3. The number of halogens is 8. The van der Waals surface area contributed by atoms with Crippen molar-refractivity contribution in [3.8, 4) is 5.75 Å². The molecule has 21 heavy (non-hydrogen) atoms. The third kappa shape index (κ3) is 3.34. The molecule has 0 radical (unpaired) electrons. The molecule has 0 bridgehead atoms. The quantitative estimate of drug-likeness (QED) is 0.294. The van der Waals surface area contributed by atoms with Crippen LogP contribution in [0.5, 0.6) is 5.75 Å². The topological polar surface area (TPSA) is 59.1 Å². The Labute approximate surface area is 111 Å². The zero-order valence-electron chi connectivity index (χ0n) is 9.79. The van der Waals surface area contributed by atoms with Crippen molar-refractivity contribution in [3.63, 3.8) is 0 Å². The van der Waals surface area contributed by atoms with E-state index in [0.717, 1.165) is 0 Å². The van der Waals surface area contributed by atoms with Crippen LogP contribution in [0.4, 0.5) is 35.1 Å². The van der Waals surface area contributed by atoms with Gasteiger partial charge in [-0.15, -0.1) is 0 Å². The number of nitrogens with two attached hydrogens (primary N) is 1. The molecule has 0 saturated carbocycles. The van der Waals surface area contributed by atoms with Gasteiger partial charge in [-0.25, -0.2) is 13.2 Å². The number of hydrogen-bond donors (Lipinski definition) is 2. The van der Waals surface area contributed by atoms with Crippen molar-refractivity contribution in [2.45, 2.75) is 6.18 Å². The van der Waals surface area contributed by atoms with E-state index in [2.05, 4.69) is 10.5 Å². The highest BCUT2D eigenvalue weighted by Crippen LogP contribution is 2.31. The fourth-order valence-electron chi connectivity index (χ4n) is 1.24. The lowest BCUT2D eigenvalue weighted by atomic mass is 10.1. The van der Waals surface area contributed by atoms with Crippen LogP contribution in [0.25, 0.3) is 0 Å². The van der Waals surface area contributed by atoms with Gasteiger partial charge in [-0.05, 0) is 0 Å². The average Bonchev–Trinajstić information content (AvgIpc) is 2.36. The molecule has 0 aliphatic carbocycles. The van der Waals surface area contributed by atoms with Gasteiger partial charge in [0.1, 0.15) is 18.4 Å². The third-order valence-electron chi connectivity index (χ3n) is 2.33. The molecule has 118 valence electrons. The van der Waals surface area contributed by atoms with Gasteiger partial charge in [0.2, 0.25) is 29.1 Å². The van der Waals surface area contributed by atoms with Crippen molar-refractivity contribution in [1.82, 2.24) is 0 Å². The molecule has 0 saturated heterocycles. The summed E-state index contributed by atoms with van der Waals surface area (Å²) in [4.78, 5) is 0. The first-order valence-electron chi connectivity index (χ1n) is 5.03. The lowest BCUT2D eigenvalue weighted by Gasteiger charge is -2.19. The van der Waals surface area contributed by atoms with Gasteiger partial charge >= 0.3 is 6.18 Å². The summed E-state index contributed by atoms with van der Waals surface area (Å²) in [6, 6.07) is 0. The molecule has 1 aromatic rings. The van der Waals surface area contributed by atoms with Crippen molar-refractivity contribution >= 4 is 5.84 Å². The summed E-state index contributed by atoms with van der Waals surface area (Å²) in [6.45, 7) is -1.61. The number of ether oxygens (including phenoxy) is 1. The normalized spacial score (nSPS) is 13.1. The summed E-state index contributed by atoms with van der Waals surface area (Å²) in [5.74, 6) is -18.1. The van der Waals surface area contributed by atoms with Gasteiger partial charge in [0, 0.05) is 0 Å². The number of amidine groups is 1. The molecule has 0 fully saturated rings. The minimum Gasteiger partial charge on any atom is -0.486 e. The Bertz CT molecular complexity index is 542. The van der Waals surface area contributed by atoms with Gasteiger partial charge in [-0.3, -0.25) is 5.41 Å². The molecule has 0 amide bonds. The van der Waals surface area contributed by atoms with E-state index in [9.17, 15) is 35.1 Å². The van der Waals surface area contributed by atoms with E-state index in [4.69, 9.17) is 5.41 Å². The highest BCUT2D eigenvalue weighted by atomic mass is 19.4. The summed E-state index contributed by atoms with van der Waals surface area (Å²) < 4.78 is 106. The Morgan fingerprint density at radius 3 is 1.67 bits per heavy atom. The van der Waals surface area contributed by atoms with Crippen LogP contribution in [0, 0.1) is 40.4 Å². The minimum atomic E-state index is -5.09. The van der Waals surface area contributed by atoms with Crippen LogP contribution in [-0.2, 0) is 0 Å². The third-order valence-corrected chi connectivity index (χ3v) is 2.33. The van der Waals surface area contributed by atoms with E-state index in [0.29, 0.717) is 0 Å². The number of nitrogens with one attached hydrogen (secondary N) is 1. The molecular weight excluding hydrogens is 316 g/mol. The molecule has 0 aromatic heterocycles. The monoisotopic (exact) mass is 322 g/mol. The molecule has 11 heteroatoms. The molecule has 3 N–H and O–H groups in total. The van der Waals surface area contributed by atoms with Crippen LogP contribution in [-0.4, -0.2) is 18.6 Å². The van der Waals surface area contributed by atoms with Crippen molar-refractivity contribution in [2.24, 2.45) is 11.7 Å². The molecule has 3 nitrogen and oxygen atoms in total. The Kier molecular flexibility index (Phi) is 4.64. The van der Waals surface area contributed by atoms with Crippen LogP contribution >= 0.6 is 0 Å². The maximum absolute atomic E-state index is 13.1. The number of benzene rings is 1. The predicted molar refractivity (Wildman–Crippen MR) is 53.2 cm³/mol. The van der Waals surface area contributed by atoms with Gasteiger partial charge in [0.05, 0.1) is 0 Å². The molecule has 1 unspecified atom stereocenters. The van der Waals surface area contributed by atoms with Crippen LogP contribution < -0.4 is 10.5 Å². The van der Waals surface area contributed by atoms with Crippen molar-refractivity contribution in [1.29, 1.82) is 5.41 Å². The van der Waals surface area contributed by atoms with E-state index in [-0.39, 0.29) is 0 Å². The van der Waals surface area contributed by atoms with E-state index >= 15 is 0 Å². The summed E-state index contributed by atoms with van der Waals surface area (Å²) in [7, 11) is 0. The summed E-state index contributed by atoms with van der Waals surface area (Å²) in [5.41, 5.74) is 4.63. The largest absolute Gasteiger partial charge is 0.486 e. The first-order valence-corrected chi connectivity index (χ1v) is 5.03. The zero-order valence-corrected chi connectivity index (χ0v) is 9.79. The second-order valence-electron chi connectivity index (χ2n) is 3.76. The van der Waals surface area contributed by atoms with Crippen molar-refractivity contribution in [3.05, 3.63) is 29.1 Å². The molecule has 1 atom stereocenters. The fraction of sp³-hybridized carbons (Fsp3) is 0.300. The lowest BCUT2D eigenvalue weighted by molar-refractivity contribution is -0.162. The molecule has 0 heterocycles. The first kappa shape index (κ1) is 17.0. The Morgan fingerprint density at radius 1 is 0.952 bits per heavy atom. The maximum atomic E-state index is 13.1. The van der Waals surface area contributed by atoms with Crippen molar-refractivity contribution in [2.75, 3.05) is 6.61 Å². The summed E-state index contributed by atoms with van der Waals surface area (Å²) in [6.07, 6.45) is -5.09. The second kappa shape index (κ2) is 5.74. The van der Waals surface area contributed by atoms with E-state index < -0.39 is 59.4 Å². The first-order chi connectivity index (χ1) is 9.48. The Morgan fingerprint density at radius 2 is 1.33 bits per heavy atom. The van der Waals surface area contributed by atoms with Gasteiger partial charge < -0.3 is 10.5 Å². The van der Waals surface area contributed by atoms with Gasteiger partial charge in [0.25, 0.3) is 0 Å². The van der Waals surface area contributed by atoms with Gasteiger partial charge in [-0.2, -0.15) is 22.0 Å². The van der Waals surface area contributed by atoms with E-state index in [1.807, 2.05) is 0 Å². The average molecular weight is 322 g/mol. The molecule has 0 aliphatic heterocycles. The van der Waals surface area contributed by atoms with Crippen LogP contribution in [0.15, 0.2) is 0 Å². The molecule has 0 spiro atoms. The number of hydrogen-bond acceptors (Lipinski definition) is 2. The highest BCUT2D eigenvalue weighted by Gasteiger charge is 2.43. The Balaban J connectivity index is 3.13. The number of rotatable bonds is 4. The molecule has 1 aromatic carbocycles. The second-order valence-corrected chi connectivity index (χ2v) is 3.76.